The molecule has 2 N–H and O–H groups in total. The van der Waals surface area contributed by atoms with Gasteiger partial charge in [0.2, 0.25) is 0 Å². The van der Waals surface area contributed by atoms with Gasteiger partial charge >= 0.3 is 0 Å². The summed E-state index contributed by atoms with van der Waals surface area (Å²) in [6, 6.07) is 0. The Morgan fingerprint density at radius 2 is 0.344 bits per heavy atom. The Labute approximate surface area is 211 Å². The van der Waals surface area contributed by atoms with Gasteiger partial charge in [-0.3, -0.25) is 0 Å². The van der Waals surface area contributed by atoms with Gasteiger partial charge < -0.3 is 9.59 Å². The van der Waals surface area contributed by atoms with Crippen molar-refractivity contribution in [3.8, 4) is 0 Å². The van der Waals surface area contributed by atoms with E-state index in [1.807, 2.05) is 0 Å². The van der Waals surface area contributed by atoms with Crippen LogP contribution in [0.15, 0.2) is 0 Å². The fourth-order valence-electron chi connectivity index (χ4n) is 11.9. The molecule has 0 radical (unpaired) electrons. The molecular formula is C20H62O2Si10. The van der Waals surface area contributed by atoms with E-state index in [4.69, 9.17) is 0 Å². The molecule has 0 amide bonds. The molecule has 2 nitrogen and oxygen atoms in total. The molecule has 0 aliphatic heterocycles. The third-order valence-electron chi connectivity index (χ3n) is 9.16. The topological polar surface area (TPSA) is 40.5 Å². The summed E-state index contributed by atoms with van der Waals surface area (Å²) in [7, 11) is -15.9. The minimum atomic E-state index is -2.90. The molecule has 0 fully saturated rings. The molecule has 12 heteroatoms. The van der Waals surface area contributed by atoms with E-state index in [1.54, 1.807) is 0 Å². The van der Waals surface area contributed by atoms with Crippen LogP contribution in [0, 0.1) is 0 Å². The molecule has 32 heavy (non-hydrogen) atoms. The van der Waals surface area contributed by atoms with Crippen molar-refractivity contribution < 1.29 is 9.59 Å². The van der Waals surface area contributed by atoms with E-state index < -0.39 is 72.5 Å². The van der Waals surface area contributed by atoms with Crippen molar-refractivity contribution >= 4 is 72.5 Å². The number of hydrogen-bond acceptors (Lipinski definition) is 2. The van der Waals surface area contributed by atoms with Crippen LogP contribution in [0.1, 0.15) is 0 Å². The molecule has 0 heterocycles. The quantitative estimate of drug-likeness (QED) is 0.282. The van der Waals surface area contributed by atoms with Crippen molar-refractivity contribution in [2.24, 2.45) is 0 Å². The molecule has 194 valence electrons. The zero-order valence-electron chi connectivity index (χ0n) is 25.9. The van der Waals surface area contributed by atoms with E-state index >= 15 is 0 Å². The smallest absolute Gasteiger partial charge is 0.181 e. The van der Waals surface area contributed by atoms with Crippen LogP contribution in [0.5, 0.6) is 0 Å². The highest BCUT2D eigenvalue weighted by molar-refractivity contribution is 8.22. The number of rotatable bonds is 9. The van der Waals surface area contributed by atoms with E-state index in [2.05, 4.69) is 131 Å². The highest BCUT2D eigenvalue weighted by Gasteiger charge is 2.83. The van der Waals surface area contributed by atoms with E-state index in [-0.39, 0.29) is 0 Å². The molecule has 0 aromatic heterocycles. The van der Waals surface area contributed by atoms with Crippen molar-refractivity contribution in [3.05, 3.63) is 0 Å². The molecule has 0 aromatic rings. The predicted molar refractivity (Wildman–Crippen MR) is 179 cm³/mol. The third-order valence-corrected chi connectivity index (χ3v) is 261. The Balaban J connectivity index is 8.24. The summed E-state index contributed by atoms with van der Waals surface area (Å²) in [5.74, 6) is 0. The molecule has 0 aliphatic carbocycles. The first-order valence-corrected chi connectivity index (χ1v) is 51.6. The fraction of sp³-hybridized carbons (Fsp3) is 1.00. The lowest BCUT2D eigenvalue weighted by Gasteiger charge is -2.71. The van der Waals surface area contributed by atoms with Gasteiger partial charge in [0.1, 0.15) is 0 Å². The van der Waals surface area contributed by atoms with Gasteiger partial charge in [0.05, 0.1) is 12.3 Å². The highest BCUT2D eigenvalue weighted by Crippen LogP contribution is 2.51. The van der Waals surface area contributed by atoms with Crippen LogP contribution in [0.25, 0.3) is 0 Å². The summed E-state index contributed by atoms with van der Waals surface area (Å²) >= 11 is 0. The van der Waals surface area contributed by atoms with Crippen LogP contribution >= 0.6 is 0 Å². The van der Waals surface area contributed by atoms with E-state index in [0.717, 1.165) is 0 Å². The van der Waals surface area contributed by atoms with Gasteiger partial charge in [-0.25, -0.2) is 0 Å². The first-order chi connectivity index (χ1) is 13.2. The average Bonchev–Trinajstić information content (AvgIpc) is 2.25. The van der Waals surface area contributed by atoms with Gasteiger partial charge in [-0.1, -0.05) is 118 Å². The summed E-state index contributed by atoms with van der Waals surface area (Å²) in [5, 5.41) is 0. The maximum absolute atomic E-state index is 13.6. The van der Waals surface area contributed by atoms with Crippen LogP contribution in [0.2, 0.25) is 131 Å². The fourth-order valence-corrected chi connectivity index (χ4v) is 451. The molecule has 0 saturated heterocycles. The highest BCUT2D eigenvalue weighted by atomic mass is 30.4. The zero-order valence-corrected chi connectivity index (χ0v) is 35.9. The Kier molecular flexibility index (Phi) is 9.42. The van der Waals surface area contributed by atoms with Crippen molar-refractivity contribution in [2.75, 3.05) is 0 Å². The molecule has 0 bridgehead atoms. The number of hydrogen-bond donors (Lipinski definition) is 2. The molecule has 0 aliphatic rings. The molecule has 0 rings (SSSR count). The van der Waals surface area contributed by atoms with Gasteiger partial charge in [0.15, 0.2) is 14.7 Å². The lowest BCUT2D eigenvalue weighted by Crippen LogP contribution is -3.06. The Bertz CT molecular complexity index is 546. The Morgan fingerprint density at radius 1 is 0.250 bits per heavy atom. The van der Waals surface area contributed by atoms with E-state index in [9.17, 15) is 9.59 Å². The molecule has 0 unspecified atom stereocenters. The van der Waals surface area contributed by atoms with E-state index in [0.29, 0.717) is 0 Å². The van der Waals surface area contributed by atoms with Crippen LogP contribution in [0.4, 0.5) is 0 Å². The van der Waals surface area contributed by atoms with Gasteiger partial charge in [-0.2, -0.15) is 0 Å². The summed E-state index contributed by atoms with van der Waals surface area (Å²) in [5.41, 5.74) is 0. The summed E-state index contributed by atoms with van der Waals surface area (Å²) in [6.45, 7) is 51.9. The van der Waals surface area contributed by atoms with Crippen molar-refractivity contribution in [2.45, 2.75) is 131 Å². The Hall–Kier alpha value is 2.09. The maximum atomic E-state index is 13.6. The second-order valence-electron chi connectivity index (χ2n) is 17.1. The zero-order chi connectivity index (χ0) is 27.0. The molecule has 0 spiro atoms. The van der Waals surface area contributed by atoms with Gasteiger partial charge in [0, 0.05) is 45.5 Å². The lowest BCUT2D eigenvalue weighted by molar-refractivity contribution is 0.540. The third kappa shape index (κ3) is 4.49. The van der Waals surface area contributed by atoms with Crippen LogP contribution in [0.3, 0.4) is 0 Å². The standard InChI is InChI=1S/C20H62O2Si10/c1-23(2,3)31(24(4,5)6,25(7,8)9)29(19,21)30(20,22)32(26(10,11)12,27(13,14)15)28(16,17)18/h21-22H,1-20H3/t29-,30+. The summed E-state index contributed by atoms with van der Waals surface area (Å²) in [4.78, 5) is 27.2. The van der Waals surface area contributed by atoms with Crippen LogP contribution in [-0.4, -0.2) is 82.1 Å². The summed E-state index contributed by atoms with van der Waals surface area (Å²) in [6.07, 6.45) is -4.17. The van der Waals surface area contributed by atoms with Crippen molar-refractivity contribution in [1.82, 2.24) is 0 Å². The second kappa shape index (κ2) is 8.84. The Morgan fingerprint density at radius 3 is 0.406 bits per heavy atom. The molecule has 0 aromatic carbocycles. The van der Waals surface area contributed by atoms with Gasteiger partial charge in [-0.15, -0.1) is 0 Å². The monoisotopic (exact) mass is 614 g/mol. The first kappa shape index (κ1) is 34.1. The first-order valence-electron chi connectivity index (χ1n) is 12.7. The second-order valence-corrected chi connectivity index (χ2v) is 129. The van der Waals surface area contributed by atoms with Crippen molar-refractivity contribution in [3.63, 3.8) is 0 Å². The van der Waals surface area contributed by atoms with Crippen LogP contribution in [-0.2, 0) is 0 Å². The minimum absolute atomic E-state index is 1.69. The van der Waals surface area contributed by atoms with Gasteiger partial charge in [0.25, 0.3) is 0 Å². The average molecular weight is 616 g/mol. The largest absolute Gasteiger partial charge is 0.436 e. The maximum Gasteiger partial charge on any atom is 0.181 e. The van der Waals surface area contributed by atoms with Crippen LogP contribution < -0.4 is 0 Å². The SMILES string of the molecule is C[Si](C)(C)[Si]([Si](C)(C)C)([Si](C)(C)C)[Si@](C)(O)[Si@](C)(O)[Si]([Si](C)(C)C)([Si](C)(C)C)[Si](C)(C)C. The van der Waals surface area contributed by atoms with Crippen molar-refractivity contribution in [1.29, 1.82) is 0 Å². The van der Waals surface area contributed by atoms with Gasteiger partial charge in [-0.05, 0) is 13.1 Å². The minimum Gasteiger partial charge on any atom is -0.436 e. The predicted octanol–water partition coefficient (Wildman–Crippen LogP) is 6.75. The molecular weight excluding hydrogens is 553 g/mol. The molecule has 0 saturated carbocycles. The van der Waals surface area contributed by atoms with E-state index in [1.165, 1.54) is 0 Å². The summed E-state index contributed by atoms with van der Waals surface area (Å²) < 4.78 is 0. The normalized spacial score (nSPS) is 20.1. The molecule has 2 atom stereocenters. The lowest BCUT2D eigenvalue weighted by atomic mass is 11.8.